The van der Waals surface area contributed by atoms with Gasteiger partial charge in [-0.25, -0.2) is 0 Å². The van der Waals surface area contributed by atoms with Crippen molar-refractivity contribution in [2.24, 2.45) is 0 Å². The van der Waals surface area contributed by atoms with Crippen LogP contribution >= 0.6 is 0 Å². The second-order valence-electron chi connectivity index (χ2n) is 9.19. The van der Waals surface area contributed by atoms with Gasteiger partial charge >= 0.3 is 11.9 Å². The Bertz CT molecular complexity index is 937. The molecule has 0 radical (unpaired) electrons. The minimum Gasteiger partial charge on any atom is -0.496 e. The van der Waals surface area contributed by atoms with Gasteiger partial charge in [0.15, 0.2) is 0 Å². The Morgan fingerprint density at radius 2 is 1.59 bits per heavy atom. The van der Waals surface area contributed by atoms with Crippen LogP contribution in [0.3, 0.4) is 0 Å². The highest BCUT2D eigenvalue weighted by Gasteiger charge is 2.23. The summed E-state index contributed by atoms with van der Waals surface area (Å²) in [4.78, 5) is 39.5. The molecule has 0 amide bonds. The zero-order valence-corrected chi connectivity index (χ0v) is 23.8. The summed E-state index contributed by atoms with van der Waals surface area (Å²) in [6.07, 6.45) is 3.30. The fourth-order valence-electron chi connectivity index (χ4n) is 4.03. The second kappa shape index (κ2) is 16.8. The molecule has 1 rings (SSSR count). The van der Waals surface area contributed by atoms with Crippen molar-refractivity contribution < 1.29 is 33.3 Å². The summed E-state index contributed by atoms with van der Waals surface area (Å²) in [6.45, 7) is 13.4. The Kier molecular flexibility index (Phi) is 14.5. The molecule has 0 atom stereocenters. The molecule has 0 unspecified atom stereocenters. The van der Waals surface area contributed by atoms with Crippen molar-refractivity contribution in [3.63, 3.8) is 0 Å². The number of esters is 2. The molecule has 0 spiro atoms. The number of ether oxygens (including phenoxy) is 4. The van der Waals surface area contributed by atoms with Gasteiger partial charge in [0.2, 0.25) is 0 Å². The minimum atomic E-state index is -0.407. The molecule has 9 heteroatoms. The minimum absolute atomic E-state index is 0.0429. The number of carbonyl (C=O) groups excluding carboxylic acids is 3. The second-order valence-corrected chi connectivity index (χ2v) is 9.19. The van der Waals surface area contributed by atoms with Crippen LogP contribution in [-0.4, -0.2) is 82.2 Å². The van der Waals surface area contributed by atoms with Crippen molar-refractivity contribution in [3.05, 3.63) is 33.9 Å². The Morgan fingerprint density at radius 3 is 2.16 bits per heavy atom. The summed E-state index contributed by atoms with van der Waals surface area (Å²) in [5, 5.41) is 0. The van der Waals surface area contributed by atoms with Crippen LogP contribution in [-0.2, 0) is 36.9 Å². The molecule has 0 aliphatic rings. The van der Waals surface area contributed by atoms with Gasteiger partial charge in [-0.2, -0.15) is 0 Å². The molecule has 0 aliphatic heterocycles. The molecule has 0 bridgehead atoms. The molecular weight excluding hydrogens is 476 g/mol. The number of allylic oxidation sites excluding steroid dienone is 2. The topological polar surface area (TPSA) is 94.6 Å². The van der Waals surface area contributed by atoms with E-state index >= 15 is 0 Å². The fourth-order valence-corrected chi connectivity index (χ4v) is 4.03. The number of nitrogens with zero attached hydrogens (tertiary/aromatic N) is 2. The first kappa shape index (κ1) is 32.1. The van der Waals surface area contributed by atoms with Crippen LogP contribution in [0.15, 0.2) is 11.6 Å². The Hall–Kier alpha value is -2.91. The number of likely N-dealkylation sites (N-methyl/N-ethyl adjacent to an activating group) is 2. The third kappa shape index (κ3) is 10.5. The first-order chi connectivity index (χ1) is 17.6. The first-order valence-electron chi connectivity index (χ1n) is 12.7. The number of hydrogen-bond acceptors (Lipinski definition) is 9. The van der Waals surface area contributed by atoms with Gasteiger partial charge in [-0.15, -0.1) is 0 Å². The molecule has 0 fully saturated rings. The maximum absolute atomic E-state index is 12.6. The lowest BCUT2D eigenvalue weighted by Gasteiger charge is -2.22. The third-order valence-electron chi connectivity index (χ3n) is 6.24. The monoisotopic (exact) mass is 520 g/mol. The van der Waals surface area contributed by atoms with E-state index in [9.17, 15) is 14.4 Å². The predicted molar refractivity (Wildman–Crippen MR) is 143 cm³/mol. The van der Waals surface area contributed by atoms with Crippen LogP contribution in [0.2, 0.25) is 0 Å². The van der Waals surface area contributed by atoms with Crippen molar-refractivity contribution in [1.82, 2.24) is 9.80 Å². The van der Waals surface area contributed by atoms with Crippen LogP contribution in [0.5, 0.6) is 11.5 Å². The summed E-state index contributed by atoms with van der Waals surface area (Å²) >= 11 is 0. The maximum atomic E-state index is 12.6. The summed E-state index contributed by atoms with van der Waals surface area (Å²) in [5.74, 6) is 0.346. The zero-order chi connectivity index (χ0) is 28.0. The van der Waals surface area contributed by atoms with Gasteiger partial charge in [0, 0.05) is 24.1 Å². The average molecular weight is 521 g/mol. The van der Waals surface area contributed by atoms with Crippen LogP contribution in [0.4, 0.5) is 0 Å². The molecule has 0 N–H and O–H groups in total. The molecular formula is C28H44N2O7. The standard InChI is InChI=1S/C28H44N2O7/c1-9-30(10-2)15-16-36-25(32)14-12-20(3)11-13-23-27(34-8)21(4)24(18-35-19-31)22(5)28(23)37-26(33)17-29(6)7/h11,19H,9-10,12-18H2,1-8H3/b20-11+. The number of benzene rings is 1. The van der Waals surface area contributed by atoms with E-state index < -0.39 is 5.97 Å². The highest BCUT2D eigenvalue weighted by Crippen LogP contribution is 2.40. The molecule has 0 aromatic heterocycles. The molecule has 0 saturated carbocycles. The number of carbonyl (C=O) groups is 3. The molecule has 37 heavy (non-hydrogen) atoms. The Labute approximate surface area is 221 Å². The van der Waals surface area contributed by atoms with E-state index in [0.29, 0.717) is 49.4 Å². The van der Waals surface area contributed by atoms with Gasteiger partial charge in [0.25, 0.3) is 6.47 Å². The van der Waals surface area contributed by atoms with E-state index in [0.717, 1.165) is 41.9 Å². The zero-order valence-electron chi connectivity index (χ0n) is 23.8. The molecule has 1 aromatic carbocycles. The highest BCUT2D eigenvalue weighted by atomic mass is 16.5. The van der Waals surface area contributed by atoms with Crippen molar-refractivity contribution in [1.29, 1.82) is 0 Å². The first-order valence-corrected chi connectivity index (χ1v) is 12.7. The largest absolute Gasteiger partial charge is 0.496 e. The van der Waals surface area contributed by atoms with Crippen LogP contribution in [0.25, 0.3) is 0 Å². The fraction of sp³-hybridized carbons (Fsp3) is 0.607. The summed E-state index contributed by atoms with van der Waals surface area (Å²) in [6, 6.07) is 0. The van der Waals surface area contributed by atoms with Crippen molar-refractivity contribution in [3.8, 4) is 11.5 Å². The van der Waals surface area contributed by atoms with Gasteiger partial charge in [-0.3, -0.25) is 19.3 Å². The molecule has 0 aliphatic carbocycles. The number of rotatable bonds is 17. The smallest absolute Gasteiger partial charge is 0.325 e. The summed E-state index contributed by atoms with van der Waals surface area (Å²) in [7, 11) is 5.13. The molecule has 9 nitrogen and oxygen atoms in total. The van der Waals surface area contributed by atoms with E-state index in [1.54, 1.807) is 26.1 Å². The van der Waals surface area contributed by atoms with Crippen molar-refractivity contribution in [2.75, 3.05) is 54.0 Å². The lowest BCUT2D eigenvalue weighted by Crippen LogP contribution is -2.27. The lowest BCUT2D eigenvalue weighted by atomic mass is 9.94. The molecule has 0 heterocycles. The quantitative estimate of drug-likeness (QED) is 0.132. The average Bonchev–Trinajstić information content (AvgIpc) is 2.85. The van der Waals surface area contributed by atoms with Gasteiger partial charge in [-0.05, 0) is 71.9 Å². The maximum Gasteiger partial charge on any atom is 0.325 e. The summed E-state index contributed by atoms with van der Waals surface area (Å²) < 4.78 is 21.9. The SMILES string of the molecule is CCN(CC)CCOC(=O)CC/C(C)=C/Cc1c(OC)c(C)c(COC=O)c(C)c1OC(=O)CN(C)C. The molecule has 208 valence electrons. The third-order valence-corrected chi connectivity index (χ3v) is 6.24. The van der Waals surface area contributed by atoms with Crippen LogP contribution < -0.4 is 9.47 Å². The van der Waals surface area contributed by atoms with E-state index in [-0.39, 0.29) is 19.1 Å². The number of hydrogen-bond donors (Lipinski definition) is 0. The van der Waals surface area contributed by atoms with Gasteiger partial charge in [-0.1, -0.05) is 25.5 Å². The Balaban J connectivity index is 3.09. The molecule has 1 aromatic rings. The predicted octanol–water partition coefficient (Wildman–Crippen LogP) is 3.61. The number of methoxy groups -OCH3 is 1. The van der Waals surface area contributed by atoms with E-state index in [1.165, 1.54) is 0 Å². The van der Waals surface area contributed by atoms with E-state index in [2.05, 4.69) is 18.7 Å². The van der Waals surface area contributed by atoms with Crippen LogP contribution in [0, 0.1) is 13.8 Å². The van der Waals surface area contributed by atoms with Gasteiger partial charge in [0.1, 0.15) is 24.7 Å². The normalized spacial score (nSPS) is 11.6. The van der Waals surface area contributed by atoms with E-state index in [4.69, 9.17) is 18.9 Å². The highest BCUT2D eigenvalue weighted by molar-refractivity contribution is 5.76. The van der Waals surface area contributed by atoms with Gasteiger partial charge < -0.3 is 23.8 Å². The molecule has 0 saturated heterocycles. The van der Waals surface area contributed by atoms with Crippen LogP contribution in [0.1, 0.15) is 55.9 Å². The summed E-state index contributed by atoms with van der Waals surface area (Å²) in [5.41, 5.74) is 3.99. The Morgan fingerprint density at radius 1 is 0.946 bits per heavy atom. The lowest BCUT2D eigenvalue weighted by molar-refractivity contribution is -0.144. The van der Waals surface area contributed by atoms with Crippen molar-refractivity contribution in [2.45, 2.75) is 60.5 Å². The van der Waals surface area contributed by atoms with Gasteiger partial charge in [0.05, 0.1) is 13.7 Å². The van der Waals surface area contributed by atoms with Crippen molar-refractivity contribution >= 4 is 18.4 Å². The van der Waals surface area contributed by atoms with E-state index in [1.807, 2.05) is 26.8 Å².